The molecule has 2 rings (SSSR count). The molecular formula is C18H18ClNO7S2. The van der Waals surface area contributed by atoms with E-state index in [4.69, 9.17) is 11.6 Å². The van der Waals surface area contributed by atoms with E-state index in [9.17, 15) is 31.0 Å². The van der Waals surface area contributed by atoms with Gasteiger partial charge in [0.1, 0.15) is 6.04 Å². The van der Waals surface area contributed by atoms with Crippen LogP contribution in [0.4, 0.5) is 0 Å². The third-order valence-corrected chi connectivity index (χ3v) is 7.71. The Bertz CT molecular complexity index is 1100. The molecular weight excluding hydrogens is 442 g/mol. The van der Waals surface area contributed by atoms with E-state index >= 15 is 0 Å². The fourth-order valence-electron chi connectivity index (χ4n) is 2.62. The van der Waals surface area contributed by atoms with Gasteiger partial charge >= 0.3 is 10.3 Å². The minimum Gasteiger partial charge on any atom is -0.289 e. The second kappa shape index (κ2) is 9.14. The van der Waals surface area contributed by atoms with Gasteiger partial charge in [-0.1, -0.05) is 51.7 Å². The molecule has 0 amide bonds. The number of nitrogens with zero attached hydrogens (tertiary/aromatic N) is 1. The third-order valence-electron chi connectivity index (χ3n) is 4.01. The Morgan fingerprint density at radius 2 is 1.55 bits per heavy atom. The number of hydrogen-bond acceptors (Lipinski definition) is 6. The molecule has 11 heteroatoms. The number of halogens is 1. The Morgan fingerprint density at radius 1 is 1.00 bits per heavy atom. The summed E-state index contributed by atoms with van der Waals surface area (Å²) in [6.07, 6.45) is -0.465. The zero-order chi connectivity index (χ0) is 21.8. The Balaban J connectivity index is 2.66. The van der Waals surface area contributed by atoms with E-state index in [1.807, 2.05) is 0 Å². The molecule has 2 aromatic carbocycles. The minimum atomic E-state index is -5.46. The molecule has 0 heterocycles. The minimum absolute atomic E-state index is 0.329. The lowest BCUT2D eigenvalue weighted by Gasteiger charge is -2.26. The largest absolute Gasteiger partial charge is 0.350 e. The summed E-state index contributed by atoms with van der Waals surface area (Å²) >= 11 is 5.41. The van der Waals surface area contributed by atoms with E-state index in [0.717, 1.165) is 12.1 Å². The Morgan fingerprint density at radius 3 is 2.03 bits per heavy atom. The normalized spacial score (nSPS) is 13.2. The second-order valence-corrected chi connectivity index (χ2v) is 9.75. The van der Waals surface area contributed by atoms with E-state index in [1.165, 1.54) is 24.3 Å². The van der Waals surface area contributed by atoms with Crippen LogP contribution in [0.3, 0.4) is 0 Å². The number of alkyl halides is 1. The molecule has 0 fully saturated rings. The maximum absolute atomic E-state index is 13.0. The molecule has 29 heavy (non-hydrogen) atoms. The van der Waals surface area contributed by atoms with Crippen molar-refractivity contribution in [3.63, 3.8) is 0 Å². The number of ketones is 2. The van der Waals surface area contributed by atoms with Gasteiger partial charge in [0.2, 0.25) is 11.6 Å². The molecule has 0 aliphatic rings. The number of hydrogen-bond donors (Lipinski definition) is 1. The van der Waals surface area contributed by atoms with Gasteiger partial charge in [-0.05, 0) is 31.0 Å². The van der Waals surface area contributed by atoms with Crippen LogP contribution < -0.4 is 0 Å². The van der Waals surface area contributed by atoms with Crippen molar-refractivity contribution >= 4 is 43.5 Å². The van der Waals surface area contributed by atoms with E-state index in [2.05, 4.69) is 0 Å². The smallest absolute Gasteiger partial charge is 0.289 e. The number of aryl methyl sites for hydroxylation is 1. The number of sulfonamides is 1. The Labute approximate surface area is 174 Å². The lowest BCUT2D eigenvalue weighted by molar-refractivity contribution is -0.136. The fraction of sp³-hybridized carbons (Fsp3) is 0.222. The van der Waals surface area contributed by atoms with Crippen molar-refractivity contribution in [3.8, 4) is 0 Å². The average molecular weight is 460 g/mol. The summed E-state index contributed by atoms with van der Waals surface area (Å²) in [6, 6.07) is 11.0. The predicted octanol–water partition coefficient (Wildman–Crippen LogP) is 1.78. The highest BCUT2D eigenvalue weighted by molar-refractivity contribution is 8.01. The second-order valence-electron chi connectivity index (χ2n) is 6.15. The van der Waals surface area contributed by atoms with E-state index in [0.29, 0.717) is 11.1 Å². The lowest BCUT2D eigenvalue weighted by Crippen LogP contribution is -2.51. The van der Waals surface area contributed by atoms with Crippen LogP contribution in [0.15, 0.2) is 59.5 Å². The quantitative estimate of drug-likeness (QED) is 0.344. The predicted molar refractivity (Wildman–Crippen MR) is 106 cm³/mol. The van der Waals surface area contributed by atoms with Crippen molar-refractivity contribution in [2.45, 2.75) is 24.3 Å². The molecule has 0 spiro atoms. The molecule has 0 unspecified atom stereocenters. The Kier molecular flexibility index (Phi) is 7.30. The highest BCUT2D eigenvalue weighted by Gasteiger charge is 2.45. The fourth-order valence-corrected chi connectivity index (χ4v) is 5.69. The summed E-state index contributed by atoms with van der Waals surface area (Å²) in [7, 11) is -10.4. The van der Waals surface area contributed by atoms with Crippen molar-refractivity contribution < 1.29 is 31.0 Å². The topological polar surface area (TPSA) is 126 Å². The molecule has 1 atom stereocenters. The van der Waals surface area contributed by atoms with Gasteiger partial charge in [-0.25, -0.2) is 8.42 Å². The van der Waals surface area contributed by atoms with Crippen molar-refractivity contribution in [2.24, 2.45) is 0 Å². The zero-order valence-corrected chi connectivity index (χ0v) is 17.6. The van der Waals surface area contributed by atoms with Crippen LogP contribution in [0.25, 0.3) is 0 Å². The highest BCUT2D eigenvalue weighted by Crippen LogP contribution is 2.25. The van der Waals surface area contributed by atoms with Crippen molar-refractivity contribution in [2.75, 3.05) is 5.88 Å². The third kappa shape index (κ3) is 5.49. The molecule has 1 N–H and O–H groups in total. The first-order valence-corrected chi connectivity index (χ1v) is 11.6. The van der Waals surface area contributed by atoms with Crippen LogP contribution in [0.5, 0.6) is 0 Å². The molecule has 0 radical (unpaired) electrons. The van der Waals surface area contributed by atoms with Gasteiger partial charge in [0, 0.05) is 0 Å². The molecule has 8 nitrogen and oxygen atoms in total. The summed E-state index contributed by atoms with van der Waals surface area (Å²) in [6.45, 7) is 1.69. The molecule has 0 saturated carbocycles. The maximum Gasteiger partial charge on any atom is 0.350 e. The Hall–Kier alpha value is -2.11. The zero-order valence-electron chi connectivity index (χ0n) is 15.2. The van der Waals surface area contributed by atoms with Crippen LogP contribution in [0, 0.1) is 6.92 Å². The van der Waals surface area contributed by atoms with Crippen LogP contribution in [0.2, 0.25) is 0 Å². The van der Waals surface area contributed by atoms with Gasteiger partial charge in [0.15, 0.2) is 0 Å². The molecule has 0 aliphatic carbocycles. The molecule has 156 valence electrons. The highest BCUT2D eigenvalue weighted by atomic mass is 35.5. The molecule has 0 aromatic heterocycles. The monoisotopic (exact) mass is 459 g/mol. The number of benzene rings is 2. The lowest BCUT2D eigenvalue weighted by atomic mass is 10.0. The molecule has 0 bridgehead atoms. The standard InChI is InChI=1S/C18H18ClNO7S2/c1-13-7-9-15(10-8-13)28(23,24)20(29(25,26)27)16(18(22)17(21)12-19)11-14-5-3-2-4-6-14/h2-10,16H,11-12H2,1H3,(H,25,26,27)/t16-/m0/s1. The molecule has 2 aromatic rings. The van der Waals surface area contributed by atoms with Crippen LogP contribution in [0.1, 0.15) is 11.1 Å². The molecule has 0 saturated heterocycles. The summed E-state index contributed by atoms with van der Waals surface area (Å²) in [5.74, 6) is -3.30. The first kappa shape index (κ1) is 23.2. The van der Waals surface area contributed by atoms with E-state index in [-0.39, 0.29) is 3.71 Å². The summed E-state index contributed by atoms with van der Waals surface area (Å²) < 4.78 is 59.6. The SMILES string of the molecule is Cc1ccc(S(=O)(=O)N([C@@H](Cc2ccccc2)C(=O)C(=O)CCl)S(=O)(=O)O)cc1. The van der Waals surface area contributed by atoms with E-state index < -0.39 is 55.1 Å². The maximum atomic E-state index is 13.0. The van der Waals surface area contributed by atoms with Gasteiger partial charge in [-0.2, -0.15) is 8.42 Å². The van der Waals surface area contributed by atoms with Crippen LogP contribution in [-0.4, -0.2) is 48.6 Å². The average Bonchev–Trinajstić information content (AvgIpc) is 2.66. The van der Waals surface area contributed by atoms with E-state index in [1.54, 1.807) is 25.1 Å². The molecule has 0 aliphatic heterocycles. The first-order chi connectivity index (χ1) is 13.5. The van der Waals surface area contributed by atoms with Crippen LogP contribution >= 0.6 is 11.6 Å². The van der Waals surface area contributed by atoms with Crippen molar-refractivity contribution in [1.29, 1.82) is 0 Å². The summed E-state index contributed by atoms with van der Waals surface area (Å²) in [5, 5.41) is 0. The van der Waals surface area contributed by atoms with Gasteiger partial charge in [-0.15, -0.1) is 11.6 Å². The number of carbonyl (C=O) groups is 2. The van der Waals surface area contributed by atoms with Crippen molar-refractivity contribution in [3.05, 3.63) is 65.7 Å². The van der Waals surface area contributed by atoms with Crippen molar-refractivity contribution in [1.82, 2.24) is 3.71 Å². The summed E-state index contributed by atoms with van der Waals surface area (Å²) in [4.78, 5) is 24.0. The van der Waals surface area contributed by atoms with Gasteiger partial charge in [0.25, 0.3) is 10.0 Å². The van der Waals surface area contributed by atoms with Gasteiger partial charge in [0.05, 0.1) is 10.8 Å². The number of rotatable bonds is 9. The summed E-state index contributed by atoms with van der Waals surface area (Å²) in [5.41, 5.74) is 1.08. The first-order valence-electron chi connectivity index (χ1n) is 8.24. The van der Waals surface area contributed by atoms with Gasteiger partial charge in [-0.3, -0.25) is 14.1 Å². The van der Waals surface area contributed by atoms with Gasteiger partial charge < -0.3 is 0 Å². The number of carbonyl (C=O) groups excluding carboxylic acids is 2. The van der Waals surface area contributed by atoms with Crippen LogP contribution in [-0.2, 0) is 36.3 Å². The number of Topliss-reactive ketones (excluding diaryl/α,β-unsaturated/α-hetero) is 2.